The Bertz CT molecular complexity index is 1110. The van der Waals surface area contributed by atoms with Gasteiger partial charge in [-0.1, -0.05) is 0 Å². The van der Waals surface area contributed by atoms with Crippen LogP contribution in [0.4, 0.5) is 0 Å². The SMILES string of the molecule is O=C1OC(=O)C2C3CC(C4Sc5[nH]c(=O)[se]c5C(c5cc(Br)ccc5O)C34)C12. The predicted molar refractivity (Wildman–Crippen MR) is 104 cm³/mol. The molecule has 2 aliphatic heterocycles. The molecule has 1 aromatic carbocycles. The number of aromatic hydroxyl groups is 1. The quantitative estimate of drug-likeness (QED) is 0.335. The summed E-state index contributed by atoms with van der Waals surface area (Å²) in [5.41, 5.74) is 0.789. The number of carbonyl (C=O) groups is 2. The number of aromatic nitrogens is 1. The standard InChI is InChI=1S/C19H14BrNO5SSe/c20-5-1-2-9(22)6(3-5)11-10-7-4-8(13-12(7)17(23)26-18(13)24)14(10)27-16-15(11)28-19(25)21-16/h1-3,7-8,10-14,22H,4H2,(H,21,25). The van der Waals surface area contributed by atoms with Crippen LogP contribution in [0, 0.1) is 29.6 Å². The van der Waals surface area contributed by atoms with Gasteiger partial charge in [-0.15, -0.1) is 0 Å². The van der Waals surface area contributed by atoms with Crippen LogP contribution in [0.15, 0.2) is 32.5 Å². The summed E-state index contributed by atoms with van der Waals surface area (Å²) < 4.78 is 6.92. The van der Waals surface area contributed by atoms with E-state index in [1.165, 1.54) is 0 Å². The van der Waals surface area contributed by atoms with Crippen molar-refractivity contribution >= 4 is 54.1 Å². The van der Waals surface area contributed by atoms with Gasteiger partial charge in [0, 0.05) is 0 Å². The van der Waals surface area contributed by atoms with Gasteiger partial charge in [0.25, 0.3) is 0 Å². The first-order chi connectivity index (χ1) is 13.4. The number of cyclic esters (lactones) is 2. The molecular weight excluding hydrogens is 513 g/mol. The van der Waals surface area contributed by atoms with Crippen LogP contribution in [0.2, 0.25) is 0 Å². The fourth-order valence-electron chi connectivity index (χ4n) is 5.94. The number of benzene rings is 1. The Morgan fingerprint density at radius 3 is 2.71 bits per heavy atom. The van der Waals surface area contributed by atoms with E-state index in [0.717, 1.165) is 25.9 Å². The van der Waals surface area contributed by atoms with Gasteiger partial charge in [0.05, 0.1) is 0 Å². The van der Waals surface area contributed by atoms with Gasteiger partial charge < -0.3 is 0 Å². The number of rotatable bonds is 1. The Balaban J connectivity index is 1.55. The summed E-state index contributed by atoms with van der Waals surface area (Å²) in [6.45, 7) is 0. The van der Waals surface area contributed by atoms with Gasteiger partial charge in [-0.3, -0.25) is 0 Å². The van der Waals surface area contributed by atoms with Crippen molar-refractivity contribution in [2.24, 2.45) is 29.6 Å². The van der Waals surface area contributed by atoms with E-state index >= 15 is 0 Å². The molecule has 2 aliphatic carbocycles. The molecule has 0 radical (unpaired) electrons. The van der Waals surface area contributed by atoms with Crippen molar-refractivity contribution in [1.82, 2.24) is 4.98 Å². The van der Waals surface area contributed by atoms with E-state index in [1.807, 2.05) is 6.07 Å². The molecule has 28 heavy (non-hydrogen) atoms. The van der Waals surface area contributed by atoms with Crippen molar-refractivity contribution in [1.29, 1.82) is 0 Å². The number of ether oxygens (including phenoxy) is 1. The number of aromatic amines is 1. The molecule has 2 saturated carbocycles. The zero-order valence-electron chi connectivity index (χ0n) is 14.3. The normalized spacial score (nSPS) is 37.5. The average Bonchev–Trinajstić information content (AvgIpc) is 3.36. The minimum atomic E-state index is -0.394. The van der Waals surface area contributed by atoms with Crippen LogP contribution in [0.5, 0.6) is 5.75 Å². The Morgan fingerprint density at radius 1 is 1.18 bits per heavy atom. The number of phenols is 1. The first-order valence-corrected chi connectivity index (χ1v) is 12.5. The molecule has 3 fully saturated rings. The molecule has 9 heteroatoms. The van der Waals surface area contributed by atoms with E-state index in [9.17, 15) is 19.5 Å². The molecule has 1 aromatic heterocycles. The van der Waals surface area contributed by atoms with E-state index in [4.69, 9.17) is 4.74 Å². The van der Waals surface area contributed by atoms with Crippen molar-refractivity contribution in [3.05, 3.63) is 41.9 Å². The van der Waals surface area contributed by atoms with Crippen LogP contribution in [0.25, 0.3) is 0 Å². The van der Waals surface area contributed by atoms with Crippen LogP contribution in [-0.2, 0) is 14.3 Å². The Hall–Kier alpha value is -1.28. The Morgan fingerprint density at radius 2 is 1.93 bits per heavy atom. The van der Waals surface area contributed by atoms with Crippen molar-refractivity contribution in [2.75, 3.05) is 0 Å². The minimum absolute atomic E-state index is 0.0208. The maximum atomic E-state index is 12.4. The summed E-state index contributed by atoms with van der Waals surface area (Å²) in [6, 6.07) is 5.37. The second-order valence-corrected chi connectivity index (χ2v) is 12.1. The van der Waals surface area contributed by atoms with Crippen molar-refractivity contribution in [2.45, 2.75) is 22.6 Å². The third kappa shape index (κ3) is 2.19. The zero-order valence-corrected chi connectivity index (χ0v) is 18.4. The molecule has 0 amide bonds. The van der Waals surface area contributed by atoms with Crippen LogP contribution in [-0.4, -0.2) is 41.8 Å². The molecule has 1 saturated heterocycles. The van der Waals surface area contributed by atoms with Crippen molar-refractivity contribution in [3.63, 3.8) is 0 Å². The Kier molecular flexibility index (Phi) is 3.69. The predicted octanol–water partition coefficient (Wildman–Crippen LogP) is 2.09. The van der Waals surface area contributed by atoms with Gasteiger partial charge in [0.2, 0.25) is 0 Å². The number of halogens is 1. The molecule has 4 aliphatic rings. The molecule has 7 atom stereocenters. The molecule has 7 unspecified atom stereocenters. The third-order valence-corrected chi connectivity index (χ3v) is 11.1. The van der Waals surface area contributed by atoms with Gasteiger partial charge in [-0.25, -0.2) is 0 Å². The van der Waals surface area contributed by atoms with E-state index < -0.39 is 5.97 Å². The summed E-state index contributed by atoms with van der Waals surface area (Å²) >= 11 is 4.80. The second-order valence-electron chi connectivity index (χ2n) is 7.90. The summed E-state index contributed by atoms with van der Waals surface area (Å²) in [7, 11) is 0. The van der Waals surface area contributed by atoms with Crippen LogP contribution in [0.3, 0.4) is 0 Å². The monoisotopic (exact) mass is 527 g/mol. The van der Waals surface area contributed by atoms with E-state index in [-0.39, 0.29) is 71.4 Å². The fourth-order valence-corrected chi connectivity index (χ4v) is 10.5. The molecule has 6 rings (SSSR count). The molecule has 144 valence electrons. The molecule has 6 nitrogen and oxygen atoms in total. The van der Waals surface area contributed by atoms with Gasteiger partial charge in [-0.2, -0.15) is 0 Å². The van der Waals surface area contributed by atoms with Crippen LogP contribution >= 0.6 is 27.7 Å². The summed E-state index contributed by atoms with van der Waals surface area (Å²) in [4.78, 5) is 39.9. The number of esters is 2. The molecular formula is C19H14BrNO5SSe. The average molecular weight is 527 g/mol. The molecule has 2 aromatic rings. The summed E-state index contributed by atoms with van der Waals surface area (Å²) in [5.74, 6) is -1.23. The van der Waals surface area contributed by atoms with Crippen LogP contribution in [0.1, 0.15) is 22.3 Å². The van der Waals surface area contributed by atoms with Crippen LogP contribution < -0.4 is 4.43 Å². The third-order valence-electron chi connectivity index (χ3n) is 6.78. The fraction of sp³-hybridized carbons (Fsp3) is 0.421. The Labute approximate surface area is 177 Å². The molecule has 3 heterocycles. The van der Waals surface area contributed by atoms with E-state index in [2.05, 4.69) is 20.9 Å². The number of thioether (sulfide) groups is 1. The van der Waals surface area contributed by atoms with Crippen molar-refractivity contribution in [3.8, 4) is 5.75 Å². The topological polar surface area (TPSA) is 96.5 Å². The first-order valence-electron chi connectivity index (χ1n) is 9.07. The number of H-pyrrole nitrogens is 1. The number of fused-ring (bicyclic) bond motifs is 9. The molecule has 2 bridgehead atoms. The van der Waals surface area contributed by atoms with E-state index in [1.54, 1.807) is 23.9 Å². The number of phenolic OH excluding ortho intramolecular Hbond substituents is 1. The second kappa shape index (κ2) is 5.88. The maximum absolute atomic E-state index is 12.4. The van der Waals surface area contributed by atoms with Gasteiger partial charge in [0.15, 0.2) is 0 Å². The van der Waals surface area contributed by atoms with E-state index in [0.29, 0.717) is 0 Å². The molecule has 2 N–H and O–H groups in total. The van der Waals surface area contributed by atoms with Gasteiger partial charge in [-0.05, 0) is 0 Å². The zero-order chi connectivity index (χ0) is 19.3. The summed E-state index contributed by atoms with van der Waals surface area (Å²) in [6.07, 6.45) is 0.825. The number of hydrogen-bond acceptors (Lipinski definition) is 6. The number of nitrogens with one attached hydrogen (secondary N) is 1. The van der Waals surface area contributed by atoms with Crippen molar-refractivity contribution < 1.29 is 19.4 Å². The number of hydrogen-bond donors (Lipinski definition) is 2. The van der Waals surface area contributed by atoms with Gasteiger partial charge >= 0.3 is 178 Å². The first kappa shape index (κ1) is 17.6. The number of carbonyl (C=O) groups excluding carboxylic acids is 2. The van der Waals surface area contributed by atoms with Gasteiger partial charge in [0.1, 0.15) is 0 Å². The molecule has 0 spiro atoms. The summed E-state index contributed by atoms with van der Waals surface area (Å²) in [5, 5.41) is 11.7.